The number of esters is 1. The van der Waals surface area contributed by atoms with Crippen LogP contribution in [0, 0.1) is 11.3 Å². The highest BCUT2D eigenvalue weighted by molar-refractivity contribution is 5.75. The first-order valence-electron chi connectivity index (χ1n) is 12.4. The Hall–Kier alpha value is -3.22. The molecule has 0 bridgehead atoms. The van der Waals surface area contributed by atoms with Crippen molar-refractivity contribution < 1.29 is 24.2 Å². The van der Waals surface area contributed by atoms with Crippen LogP contribution in [0.1, 0.15) is 77.6 Å². The van der Waals surface area contributed by atoms with Crippen molar-refractivity contribution in [1.29, 1.82) is 0 Å². The Balaban J connectivity index is 2.52. The van der Waals surface area contributed by atoms with Crippen LogP contribution in [0.4, 0.5) is 4.79 Å². The minimum Gasteiger partial charge on any atom is -0.504 e. The van der Waals surface area contributed by atoms with E-state index in [4.69, 9.17) is 15.2 Å². The summed E-state index contributed by atoms with van der Waals surface area (Å²) >= 11 is 0. The van der Waals surface area contributed by atoms with E-state index in [2.05, 4.69) is 32.9 Å². The van der Waals surface area contributed by atoms with Gasteiger partial charge in [0, 0.05) is 12.5 Å². The molecular weight excluding hydrogens is 456 g/mol. The lowest BCUT2D eigenvalue weighted by atomic mass is 9.84. The maximum Gasteiger partial charge on any atom is 0.315 e. The van der Waals surface area contributed by atoms with Crippen LogP contribution in [0.15, 0.2) is 42.5 Å². The second-order valence-electron chi connectivity index (χ2n) is 11.3. The molecule has 2 amide bonds. The number of nitrogens with zero attached hydrogens (tertiary/aromatic N) is 1. The molecule has 2 aromatic carbocycles. The van der Waals surface area contributed by atoms with E-state index in [1.54, 1.807) is 17.0 Å². The van der Waals surface area contributed by atoms with Crippen LogP contribution in [0.2, 0.25) is 0 Å². The largest absolute Gasteiger partial charge is 0.504 e. The van der Waals surface area contributed by atoms with Gasteiger partial charge in [-0.2, -0.15) is 0 Å². The molecule has 2 atom stereocenters. The van der Waals surface area contributed by atoms with Crippen LogP contribution in [0.5, 0.6) is 11.5 Å². The molecule has 0 fully saturated rings. The number of carbonyl (C=O) groups is 2. The first-order chi connectivity index (χ1) is 16.7. The number of primary amides is 1. The molecule has 36 heavy (non-hydrogen) atoms. The van der Waals surface area contributed by atoms with E-state index < -0.39 is 17.5 Å². The van der Waals surface area contributed by atoms with Gasteiger partial charge in [-0.3, -0.25) is 4.79 Å². The molecule has 0 radical (unpaired) electrons. The van der Waals surface area contributed by atoms with Gasteiger partial charge in [-0.25, -0.2) is 4.79 Å². The second-order valence-corrected chi connectivity index (χ2v) is 11.3. The van der Waals surface area contributed by atoms with Crippen LogP contribution < -0.4 is 10.5 Å². The summed E-state index contributed by atoms with van der Waals surface area (Å²) in [5.41, 5.74) is 8.12. The van der Waals surface area contributed by atoms with Gasteiger partial charge in [-0.05, 0) is 61.4 Å². The van der Waals surface area contributed by atoms with E-state index in [1.807, 2.05) is 39.8 Å². The summed E-state index contributed by atoms with van der Waals surface area (Å²) in [6.45, 7) is 14.2. The summed E-state index contributed by atoms with van der Waals surface area (Å²) < 4.78 is 10.9. The summed E-state index contributed by atoms with van der Waals surface area (Å²) in [5.74, 6) is -0.157. The first-order valence-corrected chi connectivity index (χ1v) is 12.4. The molecule has 0 aliphatic rings. The van der Waals surface area contributed by atoms with Crippen LogP contribution in [-0.4, -0.2) is 35.7 Å². The smallest absolute Gasteiger partial charge is 0.315 e. The topological polar surface area (TPSA) is 102 Å². The molecule has 2 unspecified atom stereocenters. The van der Waals surface area contributed by atoms with Crippen molar-refractivity contribution in [2.45, 2.75) is 72.9 Å². The Labute approximate surface area is 215 Å². The second kappa shape index (κ2) is 11.7. The number of carbonyl (C=O) groups excluding carboxylic acids is 2. The molecule has 3 N–H and O–H groups in total. The predicted octanol–water partition coefficient (Wildman–Crippen LogP) is 5.94. The van der Waals surface area contributed by atoms with Gasteiger partial charge in [-0.15, -0.1) is 0 Å². The van der Waals surface area contributed by atoms with Gasteiger partial charge in [0.2, 0.25) is 0 Å². The summed E-state index contributed by atoms with van der Waals surface area (Å²) in [4.78, 5) is 27.0. The van der Waals surface area contributed by atoms with Gasteiger partial charge >= 0.3 is 12.0 Å². The monoisotopic (exact) mass is 498 g/mol. The molecule has 0 spiro atoms. The molecule has 0 saturated heterocycles. The quantitative estimate of drug-likeness (QED) is 0.417. The van der Waals surface area contributed by atoms with E-state index in [-0.39, 0.29) is 36.2 Å². The lowest BCUT2D eigenvalue weighted by Crippen LogP contribution is -2.43. The number of phenolic OH excluding ortho intramolecular Hbond substituents is 1. The summed E-state index contributed by atoms with van der Waals surface area (Å²) in [6, 6.07) is 12.1. The molecule has 0 saturated carbocycles. The maximum absolute atomic E-state index is 12.8. The van der Waals surface area contributed by atoms with Gasteiger partial charge < -0.3 is 25.2 Å². The molecule has 2 rings (SSSR count). The summed E-state index contributed by atoms with van der Waals surface area (Å²) in [7, 11) is 1.47. The lowest BCUT2D eigenvalue weighted by molar-refractivity contribution is -0.155. The highest BCUT2D eigenvalue weighted by Gasteiger charge is 2.33. The van der Waals surface area contributed by atoms with Crippen molar-refractivity contribution in [3.8, 4) is 11.5 Å². The van der Waals surface area contributed by atoms with Crippen molar-refractivity contribution in [3.63, 3.8) is 0 Å². The summed E-state index contributed by atoms with van der Waals surface area (Å²) in [5, 5.41) is 9.99. The summed E-state index contributed by atoms with van der Waals surface area (Å²) in [6.07, 6.45) is 0.659. The number of benzene rings is 2. The molecule has 0 aromatic heterocycles. The molecule has 0 heterocycles. The number of hydrogen-bond donors (Lipinski definition) is 2. The number of phenols is 1. The highest BCUT2D eigenvalue weighted by atomic mass is 16.5. The zero-order chi connectivity index (χ0) is 27.3. The van der Waals surface area contributed by atoms with Crippen molar-refractivity contribution in [3.05, 3.63) is 59.2 Å². The molecule has 0 aliphatic carbocycles. The number of methoxy groups -OCH3 is 1. The fourth-order valence-electron chi connectivity index (χ4n) is 4.05. The highest BCUT2D eigenvalue weighted by Crippen LogP contribution is 2.36. The number of nitrogens with two attached hydrogens (primary N) is 1. The number of urea groups is 1. The van der Waals surface area contributed by atoms with Gasteiger partial charge in [-0.1, -0.05) is 58.0 Å². The molecule has 7 nitrogen and oxygen atoms in total. The van der Waals surface area contributed by atoms with Gasteiger partial charge in [0.1, 0.15) is 0 Å². The van der Waals surface area contributed by atoms with Crippen LogP contribution in [0.3, 0.4) is 0 Å². The fourth-order valence-corrected chi connectivity index (χ4v) is 4.05. The Morgan fingerprint density at radius 1 is 1.03 bits per heavy atom. The average molecular weight is 499 g/mol. The number of amides is 2. The Bertz CT molecular complexity index is 1040. The van der Waals surface area contributed by atoms with Crippen molar-refractivity contribution >= 4 is 12.0 Å². The number of aromatic hydroxyl groups is 1. The average Bonchev–Trinajstić information content (AvgIpc) is 2.80. The van der Waals surface area contributed by atoms with E-state index in [0.29, 0.717) is 12.2 Å². The standard InChI is InChI=1S/C29H42N2O5/c1-9-20(18-36-26(33)29(5,6)7)25(21-11-13-22(14-12-21)28(2,3)4)31(27(30)34)17-19-10-15-23(32)24(16-19)35-8/h10-16,20,25,32H,9,17-18H2,1-8H3,(H2,30,34). The zero-order valence-corrected chi connectivity index (χ0v) is 22.9. The SMILES string of the molecule is CCC(COC(=O)C(C)(C)C)C(c1ccc(C(C)(C)C)cc1)N(Cc1ccc(O)c(OC)c1)C(N)=O. The molecule has 7 heteroatoms. The maximum atomic E-state index is 12.8. The molecular formula is C29H42N2O5. The minimum atomic E-state index is -0.631. The number of ether oxygens (including phenoxy) is 2. The van der Waals surface area contributed by atoms with E-state index >= 15 is 0 Å². The fraction of sp³-hybridized carbons (Fsp3) is 0.517. The lowest BCUT2D eigenvalue weighted by Gasteiger charge is -2.37. The third kappa shape index (κ3) is 7.39. The zero-order valence-electron chi connectivity index (χ0n) is 22.9. The van der Waals surface area contributed by atoms with Crippen LogP contribution in [-0.2, 0) is 21.5 Å². The third-order valence-electron chi connectivity index (χ3n) is 6.35. The van der Waals surface area contributed by atoms with Crippen molar-refractivity contribution in [1.82, 2.24) is 4.90 Å². The predicted molar refractivity (Wildman–Crippen MR) is 142 cm³/mol. The normalized spacial score (nSPS) is 13.6. The van der Waals surface area contributed by atoms with Gasteiger partial charge in [0.05, 0.1) is 25.2 Å². The third-order valence-corrected chi connectivity index (χ3v) is 6.35. The van der Waals surface area contributed by atoms with E-state index in [1.165, 1.54) is 18.7 Å². The van der Waals surface area contributed by atoms with Gasteiger partial charge in [0.25, 0.3) is 0 Å². The van der Waals surface area contributed by atoms with E-state index in [0.717, 1.165) is 11.1 Å². The van der Waals surface area contributed by atoms with Crippen LogP contribution in [0.25, 0.3) is 0 Å². The van der Waals surface area contributed by atoms with Gasteiger partial charge in [0.15, 0.2) is 11.5 Å². The minimum absolute atomic E-state index is 0.0155. The van der Waals surface area contributed by atoms with E-state index in [9.17, 15) is 14.7 Å². The number of hydrogen-bond acceptors (Lipinski definition) is 5. The van der Waals surface area contributed by atoms with Crippen LogP contribution >= 0.6 is 0 Å². The Kier molecular flexibility index (Phi) is 9.41. The first kappa shape index (κ1) is 29.0. The Morgan fingerprint density at radius 2 is 1.64 bits per heavy atom. The Morgan fingerprint density at radius 3 is 2.11 bits per heavy atom. The molecule has 198 valence electrons. The van der Waals surface area contributed by atoms with Crippen molar-refractivity contribution in [2.24, 2.45) is 17.1 Å². The number of rotatable bonds is 9. The van der Waals surface area contributed by atoms with Crippen molar-refractivity contribution in [2.75, 3.05) is 13.7 Å². The molecule has 0 aliphatic heterocycles. The molecule has 2 aromatic rings.